The molecule has 1 aliphatic rings. The summed E-state index contributed by atoms with van der Waals surface area (Å²) in [5, 5.41) is 6.89. The van der Waals surface area contributed by atoms with E-state index in [9.17, 15) is 0 Å². The molecular weight excluding hydrogens is 460 g/mol. The van der Waals surface area contributed by atoms with Crippen molar-refractivity contribution in [2.75, 3.05) is 0 Å². The van der Waals surface area contributed by atoms with Gasteiger partial charge in [0.25, 0.3) is 0 Å². The summed E-state index contributed by atoms with van der Waals surface area (Å²) < 4.78 is 14.4. The number of aromatic nitrogens is 4. The number of fused-ring (bicyclic) bond motifs is 6. The lowest BCUT2D eigenvalue weighted by Gasteiger charge is -2.28. The number of hydrogen-bond acceptors (Lipinski definition) is 5. The molecule has 0 spiro atoms. The number of benzene rings is 4. The van der Waals surface area contributed by atoms with Crippen LogP contribution in [0.15, 0.2) is 91.3 Å². The molecule has 0 amide bonds. The average Bonchev–Trinajstić information content (AvgIpc) is 3.35. The van der Waals surface area contributed by atoms with E-state index in [1.807, 2.05) is 50.2 Å². The molecule has 180 valence electrons. The first-order valence-electron chi connectivity index (χ1n) is 12.3. The lowest BCUT2D eigenvalue weighted by molar-refractivity contribution is 0.292. The maximum Gasteiger partial charge on any atom is 0.228 e. The quantitative estimate of drug-likeness (QED) is 0.276. The third kappa shape index (κ3) is 3.52. The van der Waals surface area contributed by atoms with Crippen molar-refractivity contribution in [2.45, 2.75) is 26.4 Å². The second-order valence-corrected chi connectivity index (χ2v) is 9.42. The first-order chi connectivity index (χ1) is 18.2. The van der Waals surface area contributed by atoms with Crippen molar-refractivity contribution in [3.63, 3.8) is 0 Å². The molecule has 6 heteroatoms. The summed E-state index contributed by atoms with van der Waals surface area (Å²) >= 11 is 0. The Hall–Kier alpha value is -4.71. The van der Waals surface area contributed by atoms with Gasteiger partial charge in [0.05, 0.1) is 5.56 Å². The molecule has 0 aliphatic carbocycles. The highest BCUT2D eigenvalue weighted by molar-refractivity contribution is 5.91. The second kappa shape index (κ2) is 8.45. The molecule has 0 bridgehead atoms. The summed E-state index contributed by atoms with van der Waals surface area (Å²) in [5.74, 6) is 2.76. The van der Waals surface area contributed by atoms with E-state index in [0.29, 0.717) is 11.7 Å². The van der Waals surface area contributed by atoms with E-state index in [0.717, 1.165) is 55.7 Å². The van der Waals surface area contributed by atoms with Gasteiger partial charge in [-0.3, -0.25) is 0 Å². The molecule has 1 atom stereocenters. The summed E-state index contributed by atoms with van der Waals surface area (Å²) in [6, 6.07) is 29.1. The zero-order valence-corrected chi connectivity index (χ0v) is 20.6. The van der Waals surface area contributed by atoms with Gasteiger partial charge < -0.3 is 9.47 Å². The highest BCUT2D eigenvalue weighted by Gasteiger charge is 2.34. The molecular formula is C31H24N4O2. The number of rotatable bonds is 4. The summed E-state index contributed by atoms with van der Waals surface area (Å²) in [6.07, 6.45) is 1.67. The van der Waals surface area contributed by atoms with E-state index in [4.69, 9.17) is 19.6 Å². The third-order valence-electron chi connectivity index (χ3n) is 7.03. The van der Waals surface area contributed by atoms with Crippen LogP contribution >= 0.6 is 0 Å². The van der Waals surface area contributed by atoms with Crippen molar-refractivity contribution in [1.82, 2.24) is 19.6 Å². The first kappa shape index (κ1) is 21.6. The van der Waals surface area contributed by atoms with Crippen molar-refractivity contribution in [3.8, 4) is 17.4 Å². The molecule has 3 heterocycles. The average molecular weight is 485 g/mol. The molecule has 37 heavy (non-hydrogen) atoms. The maximum atomic E-state index is 6.50. The Morgan fingerprint density at radius 1 is 0.865 bits per heavy atom. The van der Waals surface area contributed by atoms with Gasteiger partial charge in [-0.05, 0) is 35.9 Å². The van der Waals surface area contributed by atoms with Gasteiger partial charge in [-0.1, -0.05) is 84.9 Å². The normalized spacial score (nSPS) is 14.3. The van der Waals surface area contributed by atoms with E-state index >= 15 is 0 Å². The van der Waals surface area contributed by atoms with Crippen LogP contribution in [0.5, 0.6) is 17.4 Å². The Kier molecular flexibility index (Phi) is 4.92. The number of aryl methyl sites for hydroxylation is 2. The molecule has 0 fully saturated rings. The van der Waals surface area contributed by atoms with E-state index in [1.54, 1.807) is 10.8 Å². The fraction of sp³-hybridized carbons (Fsp3) is 0.129. The van der Waals surface area contributed by atoms with Crippen LogP contribution in [0.4, 0.5) is 0 Å². The van der Waals surface area contributed by atoms with Gasteiger partial charge >= 0.3 is 0 Å². The zero-order chi connectivity index (χ0) is 24.9. The lowest BCUT2D eigenvalue weighted by Crippen LogP contribution is -2.15. The molecule has 0 saturated carbocycles. The van der Waals surface area contributed by atoms with E-state index in [2.05, 4.69) is 53.5 Å². The SMILES string of the molecule is Cc1cccc(C)c1OCc1nc2c3c(ncn2n1)Oc1c(ccc2ccccc12)[C@@H]3c1ccccc1. The molecule has 4 aromatic carbocycles. The van der Waals surface area contributed by atoms with E-state index in [-0.39, 0.29) is 12.5 Å². The topological polar surface area (TPSA) is 61.5 Å². The Labute approximate surface area is 214 Å². The molecule has 6 nitrogen and oxygen atoms in total. The molecule has 6 aromatic rings. The van der Waals surface area contributed by atoms with Crippen LogP contribution in [0.3, 0.4) is 0 Å². The van der Waals surface area contributed by atoms with Gasteiger partial charge in [0, 0.05) is 16.9 Å². The monoisotopic (exact) mass is 484 g/mol. The summed E-state index contributed by atoms with van der Waals surface area (Å²) in [4.78, 5) is 9.60. The predicted octanol–water partition coefficient (Wildman–Crippen LogP) is 6.76. The first-order valence-corrected chi connectivity index (χ1v) is 12.3. The summed E-state index contributed by atoms with van der Waals surface area (Å²) in [6.45, 7) is 4.35. The zero-order valence-electron chi connectivity index (χ0n) is 20.6. The smallest absolute Gasteiger partial charge is 0.228 e. The predicted molar refractivity (Wildman–Crippen MR) is 142 cm³/mol. The molecule has 0 saturated heterocycles. The van der Waals surface area contributed by atoms with Gasteiger partial charge in [-0.15, -0.1) is 5.10 Å². The van der Waals surface area contributed by atoms with Gasteiger partial charge in [0.15, 0.2) is 11.5 Å². The van der Waals surface area contributed by atoms with Gasteiger partial charge in [0.2, 0.25) is 5.88 Å². The highest BCUT2D eigenvalue weighted by atomic mass is 16.5. The van der Waals surface area contributed by atoms with Crippen LogP contribution in [0, 0.1) is 13.8 Å². The molecule has 0 N–H and O–H groups in total. The second-order valence-electron chi connectivity index (χ2n) is 9.42. The fourth-order valence-electron chi connectivity index (χ4n) is 5.31. The highest BCUT2D eigenvalue weighted by Crippen LogP contribution is 2.50. The summed E-state index contributed by atoms with van der Waals surface area (Å²) in [7, 11) is 0. The van der Waals surface area contributed by atoms with Crippen molar-refractivity contribution >= 4 is 16.4 Å². The summed E-state index contributed by atoms with van der Waals surface area (Å²) in [5.41, 5.74) is 6.03. The largest absolute Gasteiger partial charge is 0.485 e. The van der Waals surface area contributed by atoms with Crippen LogP contribution in [-0.4, -0.2) is 19.6 Å². The van der Waals surface area contributed by atoms with Crippen LogP contribution in [-0.2, 0) is 6.61 Å². The minimum atomic E-state index is -0.0997. The minimum Gasteiger partial charge on any atom is -0.485 e. The van der Waals surface area contributed by atoms with Crippen molar-refractivity contribution in [1.29, 1.82) is 0 Å². The van der Waals surface area contributed by atoms with Gasteiger partial charge in [0.1, 0.15) is 24.4 Å². The Morgan fingerprint density at radius 3 is 2.49 bits per heavy atom. The fourth-order valence-corrected chi connectivity index (χ4v) is 5.31. The standard InChI is InChI=1S/C31H24N4O2/c1-19-9-8-10-20(2)28(19)36-17-25-33-30-27-26(22-12-4-3-5-13-22)24-16-15-21-11-6-7-14-23(21)29(24)37-31(27)32-18-35(30)34-25/h3-16,18,26H,17H2,1-2H3/t26-/m0/s1. The van der Waals surface area contributed by atoms with Crippen LogP contribution in [0.1, 0.15) is 39.6 Å². The molecule has 7 rings (SSSR count). The number of ether oxygens (including phenoxy) is 2. The van der Waals surface area contributed by atoms with Crippen LogP contribution in [0.25, 0.3) is 16.4 Å². The molecule has 0 radical (unpaired) electrons. The van der Waals surface area contributed by atoms with Crippen molar-refractivity contribution < 1.29 is 9.47 Å². The number of para-hydroxylation sites is 1. The maximum absolute atomic E-state index is 6.50. The Bertz CT molecular complexity index is 1770. The van der Waals surface area contributed by atoms with E-state index in [1.165, 1.54) is 0 Å². The van der Waals surface area contributed by atoms with Crippen molar-refractivity contribution in [2.24, 2.45) is 0 Å². The van der Waals surface area contributed by atoms with Crippen LogP contribution in [0.2, 0.25) is 0 Å². The number of hydrogen-bond donors (Lipinski definition) is 0. The Balaban J connectivity index is 1.37. The van der Waals surface area contributed by atoms with Gasteiger partial charge in [-0.25, -0.2) is 14.5 Å². The van der Waals surface area contributed by atoms with Crippen molar-refractivity contribution in [3.05, 3.63) is 125 Å². The molecule has 1 aliphatic heterocycles. The Morgan fingerprint density at radius 2 is 1.65 bits per heavy atom. The molecule has 0 unspecified atom stereocenters. The van der Waals surface area contributed by atoms with Crippen LogP contribution < -0.4 is 9.47 Å². The number of nitrogens with zero attached hydrogens (tertiary/aromatic N) is 4. The third-order valence-corrected chi connectivity index (χ3v) is 7.03. The lowest BCUT2D eigenvalue weighted by atomic mass is 9.83. The molecule has 2 aromatic heterocycles. The van der Waals surface area contributed by atoms with E-state index < -0.39 is 0 Å². The minimum absolute atomic E-state index is 0.0997. The van der Waals surface area contributed by atoms with Gasteiger partial charge in [-0.2, -0.15) is 0 Å².